The van der Waals surface area contributed by atoms with E-state index in [1.807, 2.05) is 0 Å². The monoisotopic (exact) mass is 243 g/mol. The molecular formula is C10H10ClNO4. The molecule has 5 nitrogen and oxygen atoms in total. The molecule has 0 aromatic heterocycles. The number of rotatable bonds is 4. The highest BCUT2D eigenvalue weighted by atomic mass is 35.5. The van der Waals surface area contributed by atoms with E-state index in [2.05, 4.69) is 5.32 Å². The second kappa shape index (κ2) is 4.85. The Bertz CT molecular complexity index is 433. The molecule has 86 valence electrons. The van der Waals surface area contributed by atoms with Crippen LogP contribution in [0.1, 0.15) is 17.3 Å². The molecule has 6 heteroatoms. The number of hydrogen-bond donors (Lipinski definition) is 3. The summed E-state index contributed by atoms with van der Waals surface area (Å²) >= 11 is 5.70. The summed E-state index contributed by atoms with van der Waals surface area (Å²) in [6, 6.07) is 3.24. The van der Waals surface area contributed by atoms with Gasteiger partial charge in [0, 0.05) is 5.02 Å². The fourth-order valence-corrected chi connectivity index (χ4v) is 1.29. The Morgan fingerprint density at radius 3 is 2.50 bits per heavy atom. The van der Waals surface area contributed by atoms with E-state index < -0.39 is 18.0 Å². The fraction of sp³-hybridized carbons (Fsp3) is 0.200. The molecular weight excluding hydrogens is 234 g/mol. The highest BCUT2D eigenvalue weighted by Crippen LogP contribution is 2.21. The number of carboxylic acid groups (broad SMARTS) is 2. The van der Waals surface area contributed by atoms with Crippen LogP contribution in [0.4, 0.5) is 5.69 Å². The Kier molecular flexibility index (Phi) is 3.73. The van der Waals surface area contributed by atoms with Crippen molar-refractivity contribution in [1.82, 2.24) is 0 Å². The third-order valence-electron chi connectivity index (χ3n) is 1.95. The zero-order valence-electron chi connectivity index (χ0n) is 8.40. The van der Waals surface area contributed by atoms with Crippen LogP contribution in [-0.2, 0) is 4.79 Å². The Labute approximate surface area is 96.7 Å². The zero-order valence-corrected chi connectivity index (χ0v) is 9.15. The summed E-state index contributed by atoms with van der Waals surface area (Å²) in [7, 11) is 0. The second-order valence-electron chi connectivity index (χ2n) is 3.20. The number of aliphatic carboxylic acids is 1. The number of aromatic carboxylic acids is 1. The molecule has 0 radical (unpaired) electrons. The van der Waals surface area contributed by atoms with E-state index in [9.17, 15) is 9.59 Å². The van der Waals surface area contributed by atoms with Crippen molar-refractivity contribution in [2.24, 2.45) is 0 Å². The van der Waals surface area contributed by atoms with Crippen molar-refractivity contribution in [3.05, 3.63) is 28.8 Å². The molecule has 1 aromatic rings. The van der Waals surface area contributed by atoms with E-state index in [1.165, 1.54) is 25.1 Å². The van der Waals surface area contributed by atoms with Gasteiger partial charge in [0.2, 0.25) is 0 Å². The fourth-order valence-electron chi connectivity index (χ4n) is 1.12. The first-order valence-electron chi connectivity index (χ1n) is 4.44. The maximum Gasteiger partial charge on any atom is 0.337 e. The van der Waals surface area contributed by atoms with E-state index in [1.54, 1.807) is 0 Å². The Morgan fingerprint density at radius 2 is 2.00 bits per heavy atom. The van der Waals surface area contributed by atoms with Gasteiger partial charge in [-0.1, -0.05) is 11.6 Å². The lowest BCUT2D eigenvalue weighted by Crippen LogP contribution is -2.26. The van der Waals surface area contributed by atoms with Gasteiger partial charge in [0.05, 0.1) is 11.3 Å². The van der Waals surface area contributed by atoms with Crippen molar-refractivity contribution in [3.8, 4) is 0 Å². The van der Waals surface area contributed by atoms with Crippen LogP contribution in [0.5, 0.6) is 0 Å². The van der Waals surface area contributed by atoms with E-state index in [0.29, 0.717) is 5.02 Å². The van der Waals surface area contributed by atoms with Crippen molar-refractivity contribution in [2.75, 3.05) is 5.32 Å². The summed E-state index contributed by atoms with van der Waals surface area (Å²) in [4.78, 5) is 21.5. The van der Waals surface area contributed by atoms with Gasteiger partial charge in [-0.05, 0) is 25.1 Å². The molecule has 0 aliphatic heterocycles. The van der Waals surface area contributed by atoms with E-state index in [0.717, 1.165) is 0 Å². The second-order valence-corrected chi connectivity index (χ2v) is 3.64. The van der Waals surface area contributed by atoms with E-state index in [4.69, 9.17) is 21.8 Å². The minimum Gasteiger partial charge on any atom is -0.480 e. The summed E-state index contributed by atoms with van der Waals surface area (Å²) in [6.07, 6.45) is 0. The van der Waals surface area contributed by atoms with Crippen LogP contribution >= 0.6 is 11.6 Å². The molecule has 1 rings (SSSR count). The van der Waals surface area contributed by atoms with Crippen LogP contribution in [0.2, 0.25) is 5.02 Å². The van der Waals surface area contributed by atoms with Gasteiger partial charge in [-0.2, -0.15) is 0 Å². The van der Waals surface area contributed by atoms with Gasteiger partial charge in [0.1, 0.15) is 6.04 Å². The number of benzene rings is 1. The molecule has 1 aromatic carbocycles. The topological polar surface area (TPSA) is 86.6 Å². The molecule has 0 unspecified atom stereocenters. The Balaban J connectivity index is 3.05. The van der Waals surface area contributed by atoms with Crippen molar-refractivity contribution in [3.63, 3.8) is 0 Å². The van der Waals surface area contributed by atoms with Gasteiger partial charge in [0.25, 0.3) is 0 Å². The smallest absolute Gasteiger partial charge is 0.337 e. The number of nitrogens with one attached hydrogen (secondary N) is 1. The molecule has 3 N–H and O–H groups in total. The van der Waals surface area contributed by atoms with Gasteiger partial charge in [-0.25, -0.2) is 4.79 Å². The molecule has 0 spiro atoms. The van der Waals surface area contributed by atoms with Gasteiger partial charge in [-0.15, -0.1) is 0 Å². The number of anilines is 1. The predicted molar refractivity (Wildman–Crippen MR) is 59.1 cm³/mol. The van der Waals surface area contributed by atoms with Crippen LogP contribution in [0.15, 0.2) is 18.2 Å². The predicted octanol–water partition coefficient (Wildman–Crippen LogP) is 1.92. The van der Waals surface area contributed by atoms with Crippen molar-refractivity contribution >= 4 is 29.2 Å². The highest BCUT2D eigenvalue weighted by Gasteiger charge is 2.15. The van der Waals surface area contributed by atoms with Crippen molar-refractivity contribution in [1.29, 1.82) is 0 Å². The van der Waals surface area contributed by atoms with Crippen LogP contribution in [0.3, 0.4) is 0 Å². The molecule has 0 heterocycles. The Hall–Kier alpha value is -1.75. The maximum absolute atomic E-state index is 10.9. The molecule has 0 amide bonds. The lowest BCUT2D eigenvalue weighted by Gasteiger charge is -2.13. The molecule has 0 fully saturated rings. The summed E-state index contributed by atoms with van der Waals surface area (Å²) < 4.78 is 0. The third kappa shape index (κ3) is 2.87. The minimum atomic E-state index is -1.14. The first kappa shape index (κ1) is 12.3. The van der Waals surface area contributed by atoms with E-state index in [-0.39, 0.29) is 11.3 Å². The average Bonchev–Trinajstić information content (AvgIpc) is 2.16. The summed E-state index contributed by atoms with van der Waals surface area (Å²) in [6.45, 7) is 1.41. The molecule has 0 saturated heterocycles. The van der Waals surface area contributed by atoms with Gasteiger partial charge < -0.3 is 15.5 Å². The molecule has 0 saturated carbocycles. The summed E-state index contributed by atoms with van der Waals surface area (Å²) in [5, 5.41) is 20.5. The van der Waals surface area contributed by atoms with Crippen molar-refractivity contribution in [2.45, 2.75) is 13.0 Å². The maximum atomic E-state index is 10.9. The number of carbonyl (C=O) groups is 2. The van der Waals surface area contributed by atoms with Gasteiger partial charge in [-0.3, -0.25) is 4.79 Å². The molecule has 16 heavy (non-hydrogen) atoms. The van der Waals surface area contributed by atoms with Crippen molar-refractivity contribution < 1.29 is 19.8 Å². The standard InChI is InChI=1S/C10H10ClNO4/c1-5(9(13)14)12-8-4-6(11)2-3-7(8)10(15)16/h2-5,12H,1H3,(H,13,14)(H,15,16)/t5-/m1/s1. The summed E-state index contributed by atoms with van der Waals surface area (Å²) in [5.41, 5.74) is 0.174. The lowest BCUT2D eigenvalue weighted by molar-refractivity contribution is -0.137. The van der Waals surface area contributed by atoms with Crippen LogP contribution in [-0.4, -0.2) is 28.2 Å². The van der Waals surface area contributed by atoms with Gasteiger partial charge in [0.15, 0.2) is 0 Å². The lowest BCUT2D eigenvalue weighted by atomic mass is 10.1. The summed E-state index contributed by atoms with van der Waals surface area (Å²) in [5.74, 6) is -2.21. The van der Waals surface area contributed by atoms with E-state index >= 15 is 0 Å². The first-order valence-corrected chi connectivity index (χ1v) is 4.82. The highest BCUT2D eigenvalue weighted by molar-refractivity contribution is 6.31. The molecule has 1 atom stereocenters. The molecule has 0 aliphatic rings. The quantitative estimate of drug-likeness (QED) is 0.752. The number of carboxylic acids is 2. The van der Waals surface area contributed by atoms with Crippen LogP contribution in [0.25, 0.3) is 0 Å². The molecule has 0 aliphatic carbocycles. The average molecular weight is 244 g/mol. The normalized spacial score (nSPS) is 11.9. The third-order valence-corrected chi connectivity index (χ3v) is 2.19. The number of halogens is 1. The Morgan fingerprint density at radius 1 is 1.38 bits per heavy atom. The minimum absolute atomic E-state index is 0.0162. The molecule has 0 bridgehead atoms. The number of hydrogen-bond acceptors (Lipinski definition) is 3. The first-order chi connectivity index (χ1) is 7.41. The van der Waals surface area contributed by atoms with Crippen LogP contribution in [0, 0.1) is 0 Å². The zero-order chi connectivity index (χ0) is 12.3. The SMILES string of the molecule is C[C@@H](Nc1cc(Cl)ccc1C(=O)O)C(=O)O. The van der Waals surface area contributed by atoms with Crippen LogP contribution < -0.4 is 5.32 Å². The largest absolute Gasteiger partial charge is 0.480 e. The van der Waals surface area contributed by atoms with Gasteiger partial charge >= 0.3 is 11.9 Å².